The van der Waals surface area contributed by atoms with Crippen LogP contribution in [0.2, 0.25) is 0 Å². The topological polar surface area (TPSA) is 52.6 Å². The lowest BCUT2D eigenvalue weighted by molar-refractivity contribution is 0.0529. The van der Waals surface area contributed by atoms with E-state index in [9.17, 15) is 8.78 Å². The average Bonchev–Trinajstić information content (AvgIpc) is 2.38. The first-order chi connectivity index (χ1) is 9.19. The number of methoxy groups -OCH3 is 1. The van der Waals surface area contributed by atoms with Crippen molar-refractivity contribution in [1.29, 1.82) is 0 Å². The summed E-state index contributed by atoms with van der Waals surface area (Å²) >= 11 is 0. The van der Waals surface area contributed by atoms with Crippen LogP contribution in [-0.4, -0.2) is 45.1 Å². The Morgan fingerprint density at radius 1 is 1.16 bits per heavy atom. The first-order valence-electron chi connectivity index (χ1n) is 5.98. The molecule has 0 unspecified atom stereocenters. The Bertz CT molecular complexity index is 391. The minimum absolute atomic E-state index is 0.0285. The maximum atomic E-state index is 13.4. The second-order valence-corrected chi connectivity index (χ2v) is 3.59. The molecule has 0 saturated carbocycles. The molecule has 108 valence electrons. The first kappa shape index (κ1) is 15.6. The van der Waals surface area contributed by atoms with Gasteiger partial charge in [0.2, 0.25) is 0 Å². The van der Waals surface area contributed by atoms with Crippen LogP contribution < -0.4 is 10.1 Å². The lowest BCUT2D eigenvalue weighted by Crippen LogP contribution is -2.12. The Morgan fingerprint density at radius 2 is 1.89 bits per heavy atom. The SMILES string of the molecule is CCNc1nc(OCCOCCOC)c(F)cc1F. The summed E-state index contributed by atoms with van der Waals surface area (Å²) in [7, 11) is 1.57. The molecule has 0 amide bonds. The number of nitrogens with one attached hydrogen (secondary N) is 1. The predicted octanol–water partition coefficient (Wildman–Crippen LogP) is 1.83. The summed E-state index contributed by atoms with van der Waals surface area (Å²) in [6.45, 7) is 3.59. The molecule has 1 rings (SSSR count). The van der Waals surface area contributed by atoms with Gasteiger partial charge in [0.1, 0.15) is 6.61 Å². The lowest BCUT2D eigenvalue weighted by atomic mass is 10.4. The Labute approximate surface area is 110 Å². The molecule has 0 aliphatic carbocycles. The number of hydrogen-bond donors (Lipinski definition) is 1. The van der Waals surface area contributed by atoms with Gasteiger partial charge in [-0.2, -0.15) is 4.98 Å². The van der Waals surface area contributed by atoms with Crippen molar-refractivity contribution in [3.8, 4) is 5.88 Å². The number of aromatic nitrogens is 1. The van der Waals surface area contributed by atoms with E-state index in [-0.39, 0.29) is 24.9 Å². The van der Waals surface area contributed by atoms with E-state index in [2.05, 4.69) is 10.3 Å². The van der Waals surface area contributed by atoms with Crippen LogP contribution in [0.5, 0.6) is 5.88 Å². The van der Waals surface area contributed by atoms with Gasteiger partial charge in [0.15, 0.2) is 17.5 Å². The normalized spacial score (nSPS) is 10.5. The van der Waals surface area contributed by atoms with Gasteiger partial charge in [-0.05, 0) is 6.92 Å². The number of anilines is 1. The molecule has 0 fully saturated rings. The van der Waals surface area contributed by atoms with Gasteiger partial charge in [-0.25, -0.2) is 8.78 Å². The highest BCUT2D eigenvalue weighted by molar-refractivity contribution is 5.39. The number of halogens is 2. The number of nitrogens with zero attached hydrogens (tertiary/aromatic N) is 1. The van der Waals surface area contributed by atoms with Crippen molar-refractivity contribution < 1.29 is 23.0 Å². The van der Waals surface area contributed by atoms with Crippen molar-refractivity contribution in [1.82, 2.24) is 4.98 Å². The second kappa shape index (κ2) is 8.60. The monoisotopic (exact) mass is 276 g/mol. The molecule has 0 aliphatic heterocycles. The summed E-state index contributed by atoms with van der Waals surface area (Å²) in [6, 6.07) is 0.742. The molecule has 1 aromatic rings. The second-order valence-electron chi connectivity index (χ2n) is 3.59. The van der Waals surface area contributed by atoms with Gasteiger partial charge in [-0.15, -0.1) is 0 Å². The summed E-state index contributed by atoms with van der Waals surface area (Å²) in [6.07, 6.45) is 0. The van der Waals surface area contributed by atoms with Gasteiger partial charge in [0, 0.05) is 19.7 Å². The molecule has 0 spiro atoms. The minimum atomic E-state index is -0.837. The summed E-state index contributed by atoms with van der Waals surface area (Å²) in [4.78, 5) is 3.73. The van der Waals surface area contributed by atoms with Gasteiger partial charge in [0.25, 0.3) is 5.88 Å². The van der Waals surface area contributed by atoms with Crippen LogP contribution in [-0.2, 0) is 9.47 Å². The van der Waals surface area contributed by atoms with Crippen molar-refractivity contribution in [3.63, 3.8) is 0 Å². The maximum Gasteiger partial charge on any atom is 0.252 e. The van der Waals surface area contributed by atoms with Gasteiger partial charge in [0.05, 0.1) is 19.8 Å². The van der Waals surface area contributed by atoms with Gasteiger partial charge in [-0.3, -0.25) is 0 Å². The molecular formula is C12H18F2N2O3. The van der Waals surface area contributed by atoms with Crippen molar-refractivity contribution in [2.45, 2.75) is 6.92 Å². The molecule has 0 atom stereocenters. The highest BCUT2D eigenvalue weighted by Gasteiger charge is 2.12. The fourth-order valence-electron chi connectivity index (χ4n) is 1.28. The minimum Gasteiger partial charge on any atom is -0.473 e. The third kappa shape index (κ3) is 5.35. The third-order valence-electron chi connectivity index (χ3n) is 2.14. The van der Waals surface area contributed by atoms with E-state index in [0.717, 1.165) is 6.07 Å². The van der Waals surface area contributed by atoms with E-state index in [4.69, 9.17) is 14.2 Å². The Hall–Kier alpha value is -1.47. The molecule has 0 bridgehead atoms. The van der Waals surface area contributed by atoms with Crippen LogP contribution in [0.1, 0.15) is 6.92 Å². The van der Waals surface area contributed by atoms with E-state index >= 15 is 0 Å². The van der Waals surface area contributed by atoms with E-state index in [0.29, 0.717) is 19.8 Å². The molecule has 0 aromatic carbocycles. The summed E-state index contributed by atoms with van der Waals surface area (Å²) in [5.74, 6) is -1.86. The van der Waals surface area contributed by atoms with Crippen molar-refractivity contribution in [2.24, 2.45) is 0 Å². The molecule has 1 N–H and O–H groups in total. The fourth-order valence-corrected chi connectivity index (χ4v) is 1.28. The van der Waals surface area contributed by atoms with Gasteiger partial charge in [-0.1, -0.05) is 0 Å². The summed E-state index contributed by atoms with van der Waals surface area (Å²) in [5.41, 5.74) is 0. The number of pyridine rings is 1. The zero-order chi connectivity index (χ0) is 14.1. The van der Waals surface area contributed by atoms with Gasteiger partial charge < -0.3 is 19.5 Å². The van der Waals surface area contributed by atoms with Crippen LogP contribution in [0.15, 0.2) is 6.07 Å². The zero-order valence-corrected chi connectivity index (χ0v) is 11.0. The van der Waals surface area contributed by atoms with E-state index in [1.54, 1.807) is 14.0 Å². The Morgan fingerprint density at radius 3 is 2.58 bits per heavy atom. The molecule has 0 saturated heterocycles. The molecule has 7 heteroatoms. The van der Waals surface area contributed by atoms with Crippen LogP contribution >= 0.6 is 0 Å². The fraction of sp³-hybridized carbons (Fsp3) is 0.583. The van der Waals surface area contributed by atoms with E-state index < -0.39 is 11.6 Å². The quantitative estimate of drug-likeness (QED) is 0.697. The standard InChI is InChI=1S/C12H18F2N2O3/c1-3-15-11-9(13)8-10(14)12(16-11)19-7-6-18-5-4-17-2/h8H,3-7H2,1-2H3,(H,15,16). The highest BCUT2D eigenvalue weighted by Crippen LogP contribution is 2.20. The van der Waals surface area contributed by atoms with Crippen molar-refractivity contribution in [3.05, 3.63) is 17.7 Å². The predicted molar refractivity (Wildman–Crippen MR) is 66.5 cm³/mol. The van der Waals surface area contributed by atoms with Gasteiger partial charge >= 0.3 is 0 Å². The Balaban J connectivity index is 2.46. The van der Waals surface area contributed by atoms with Crippen LogP contribution in [0, 0.1) is 11.6 Å². The number of hydrogen-bond acceptors (Lipinski definition) is 5. The van der Waals surface area contributed by atoms with Crippen LogP contribution in [0.25, 0.3) is 0 Å². The molecule has 19 heavy (non-hydrogen) atoms. The first-order valence-corrected chi connectivity index (χ1v) is 5.98. The zero-order valence-electron chi connectivity index (χ0n) is 11.0. The molecule has 1 aromatic heterocycles. The number of rotatable bonds is 9. The highest BCUT2D eigenvalue weighted by atomic mass is 19.1. The third-order valence-corrected chi connectivity index (χ3v) is 2.14. The molecule has 1 heterocycles. The van der Waals surface area contributed by atoms with Crippen LogP contribution in [0.3, 0.4) is 0 Å². The molecule has 0 radical (unpaired) electrons. The molecular weight excluding hydrogens is 258 g/mol. The largest absolute Gasteiger partial charge is 0.473 e. The van der Waals surface area contributed by atoms with E-state index in [1.165, 1.54) is 0 Å². The summed E-state index contributed by atoms with van der Waals surface area (Å²) in [5, 5.41) is 2.68. The van der Waals surface area contributed by atoms with E-state index in [1.807, 2.05) is 0 Å². The number of ether oxygens (including phenoxy) is 3. The maximum absolute atomic E-state index is 13.4. The average molecular weight is 276 g/mol. The Kier molecular flexibility index (Phi) is 7.06. The molecule has 5 nitrogen and oxygen atoms in total. The molecule has 0 aliphatic rings. The van der Waals surface area contributed by atoms with Crippen LogP contribution in [0.4, 0.5) is 14.6 Å². The lowest BCUT2D eigenvalue weighted by Gasteiger charge is -2.10. The smallest absolute Gasteiger partial charge is 0.252 e. The van der Waals surface area contributed by atoms with Crippen molar-refractivity contribution >= 4 is 5.82 Å². The van der Waals surface area contributed by atoms with Crippen molar-refractivity contribution in [2.75, 3.05) is 45.4 Å². The summed E-state index contributed by atoms with van der Waals surface area (Å²) < 4.78 is 41.7.